The highest BCUT2D eigenvalue weighted by Gasteiger charge is 2.41. The molecular formula is C16H26N2O6. The Hall–Kier alpha value is -2.09. The maximum atomic E-state index is 12.5. The number of hydrogen-bond acceptors (Lipinski definition) is 5. The topological polar surface area (TPSA) is 105 Å². The maximum Gasteiger partial charge on any atom is 0.408 e. The Morgan fingerprint density at radius 3 is 2.54 bits per heavy atom. The highest BCUT2D eigenvalue weighted by molar-refractivity contribution is 5.89. The molecule has 136 valence electrons. The van der Waals surface area contributed by atoms with Gasteiger partial charge in [0.2, 0.25) is 5.91 Å². The monoisotopic (exact) mass is 342 g/mol. The summed E-state index contributed by atoms with van der Waals surface area (Å²) in [4.78, 5) is 36.9. The first-order valence-corrected chi connectivity index (χ1v) is 7.80. The maximum absolute atomic E-state index is 12.5. The summed E-state index contributed by atoms with van der Waals surface area (Å²) in [6.07, 6.45) is 0.664. The van der Waals surface area contributed by atoms with Crippen LogP contribution in [0.3, 0.4) is 0 Å². The van der Waals surface area contributed by atoms with Gasteiger partial charge in [-0.1, -0.05) is 6.08 Å². The molecule has 0 aromatic carbocycles. The Kier molecular flexibility index (Phi) is 6.77. The van der Waals surface area contributed by atoms with Crippen molar-refractivity contribution in [3.05, 3.63) is 12.7 Å². The van der Waals surface area contributed by atoms with Crippen LogP contribution in [0, 0.1) is 0 Å². The molecule has 0 radical (unpaired) electrons. The molecule has 1 fully saturated rings. The number of ether oxygens (including phenoxy) is 2. The highest BCUT2D eigenvalue weighted by Crippen LogP contribution is 2.22. The fourth-order valence-corrected chi connectivity index (χ4v) is 2.39. The summed E-state index contributed by atoms with van der Waals surface area (Å²) in [5.41, 5.74) is -0.687. The number of rotatable bonds is 6. The molecule has 0 bridgehead atoms. The predicted octanol–water partition coefficient (Wildman–Crippen LogP) is 1.16. The van der Waals surface area contributed by atoms with Gasteiger partial charge in [0.1, 0.15) is 17.7 Å². The van der Waals surface area contributed by atoms with Gasteiger partial charge in [-0.05, 0) is 27.7 Å². The van der Waals surface area contributed by atoms with E-state index in [-0.39, 0.29) is 25.7 Å². The second-order valence-corrected chi connectivity index (χ2v) is 6.69. The third-order valence-corrected chi connectivity index (χ3v) is 3.38. The van der Waals surface area contributed by atoms with E-state index in [0.29, 0.717) is 0 Å². The average molecular weight is 342 g/mol. The number of amides is 2. The van der Waals surface area contributed by atoms with Crippen molar-refractivity contribution in [1.82, 2.24) is 10.2 Å². The van der Waals surface area contributed by atoms with Crippen molar-refractivity contribution in [1.29, 1.82) is 0 Å². The Labute approximate surface area is 141 Å². The number of carboxylic acid groups (broad SMARTS) is 1. The van der Waals surface area contributed by atoms with Crippen LogP contribution in [-0.2, 0) is 19.1 Å². The highest BCUT2D eigenvalue weighted by atomic mass is 16.6. The zero-order valence-corrected chi connectivity index (χ0v) is 14.6. The van der Waals surface area contributed by atoms with Crippen LogP contribution in [0.5, 0.6) is 0 Å². The first-order chi connectivity index (χ1) is 11.0. The molecule has 2 N–H and O–H groups in total. The second kappa shape index (κ2) is 8.14. The van der Waals surface area contributed by atoms with Gasteiger partial charge in [-0.25, -0.2) is 9.59 Å². The van der Waals surface area contributed by atoms with E-state index in [0.717, 1.165) is 0 Å². The SMILES string of the molecule is C=CCOC1C[C@@H](C(=O)O)N(C(=O)[C@H](C)NC(=O)OC(C)(C)C)C1. The Balaban J connectivity index is 2.70. The molecular weight excluding hydrogens is 316 g/mol. The van der Waals surface area contributed by atoms with Crippen LogP contribution in [-0.4, -0.2) is 64.9 Å². The van der Waals surface area contributed by atoms with E-state index >= 15 is 0 Å². The quantitative estimate of drug-likeness (QED) is 0.702. The third kappa shape index (κ3) is 5.84. The van der Waals surface area contributed by atoms with Crippen molar-refractivity contribution in [3.63, 3.8) is 0 Å². The van der Waals surface area contributed by atoms with Gasteiger partial charge in [-0.3, -0.25) is 4.79 Å². The summed E-state index contributed by atoms with van der Waals surface area (Å²) >= 11 is 0. The largest absolute Gasteiger partial charge is 0.480 e. The van der Waals surface area contributed by atoms with Crippen LogP contribution in [0.2, 0.25) is 0 Å². The number of hydrogen-bond donors (Lipinski definition) is 2. The predicted molar refractivity (Wildman–Crippen MR) is 86.5 cm³/mol. The number of nitrogens with zero attached hydrogens (tertiary/aromatic N) is 1. The van der Waals surface area contributed by atoms with E-state index in [1.54, 1.807) is 26.8 Å². The lowest BCUT2D eigenvalue weighted by Gasteiger charge is -2.26. The molecule has 1 aliphatic rings. The number of nitrogens with one attached hydrogen (secondary N) is 1. The van der Waals surface area contributed by atoms with Crippen LogP contribution in [0.4, 0.5) is 4.79 Å². The lowest BCUT2D eigenvalue weighted by atomic mass is 10.2. The second-order valence-electron chi connectivity index (χ2n) is 6.69. The molecule has 0 aliphatic carbocycles. The van der Waals surface area contributed by atoms with E-state index in [1.807, 2.05) is 0 Å². The average Bonchev–Trinajstić information content (AvgIpc) is 2.86. The van der Waals surface area contributed by atoms with Crippen molar-refractivity contribution in [2.45, 2.75) is 57.9 Å². The summed E-state index contributed by atoms with van der Waals surface area (Å²) in [7, 11) is 0. The van der Waals surface area contributed by atoms with Crippen molar-refractivity contribution in [2.24, 2.45) is 0 Å². The molecule has 3 atom stereocenters. The molecule has 8 nitrogen and oxygen atoms in total. The van der Waals surface area contributed by atoms with Crippen molar-refractivity contribution < 1.29 is 29.0 Å². The Bertz CT molecular complexity index is 499. The molecule has 0 spiro atoms. The van der Waals surface area contributed by atoms with E-state index in [2.05, 4.69) is 11.9 Å². The molecule has 24 heavy (non-hydrogen) atoms. The molecule has 0 saturated carbocycles. The minimum atomic E-state index is -1.10. The smallest absolute Gasteiger partial charge is 0.408 e. The zero-order valence-electron chi connectivity index (χ0n) is 14.6. The van der Waals surface area contributed by atoms with Crippen molar-refractivity contribution >= 4 is 18.0 Å². The van der Waals surface area contributed by atoms with Gasteiger partial charge in [-0.2, -0.15) is 0 Å². The molecule has 2 amide bonds. The normalized spacial score (nSPS) is 21.9. The van der Waals surface area contributed by atoms with Crippen LogP contribution in [0.25, 0.3) is 0 Å². The Morgan fingerprint density at radius 2 is 2.04 bits per heavy atom. The number of carboxylic acids is 1. The van der Waals surface area contributed by atoms with Gasteiger partial charge in [0.25, 0.3) is 0 Å². The van der Waals surface area contributed by atoms with Crippen molar-refractivity contribution in [3.8, 4) is 0 Å². The number of carbonyl (C=O) groups is 3. The number of likely N-dealkylation sites (tertiary alicyclic amines) is 1. The van der Waals surface area contributed by atoms with Crippen LogP contribution in [0.1, 0.15) is 34.1 Å². The summed E-state index contributed by atoms with van der Waals surface area (Å²) in [6, 6.07) is -1.88. The molecule has 1 saturated heterocycles. The van der Waals surface area contributed by atoms with E-state index < -0.39 is 35.7 Å². The third-order valence-electron chi connectivity index (χ3n) is 3.38. The number of carbonyl (C=O) groups excluding carboxylic acids is 2. The summed E-state index contributed by atoms with van der Waals surface area (Å²) in [6.45, 7) is 10.6. The lowest BCUT2D eigenvalue weighted by Crippen LogP contribution is -2.51. The number of alkyl carbamates (subject to hydrolysis) is 1. The zero-order chi connectivity index (χ0) is 18.5. The first-order valence-electron chi connectivity index (χ1n) is 7.80. The molecule has 0 aromatic heterocycles. The summed E-state index contributed by atoms with van der Waals surface area (Å²) < 4.78 is 10.5. The van der Waals surface area contributed by atoms with Crippen LogP contribution < -0.4 is 5.32 Å². The van der Waals surface area contributed by atoms with Crippen LogP contribution >= 0.6 is 0 Å². The molecule has 8 heteroatoms. The fourth-order valence-electron chi connectivity index (χ4n) is 2.39. The van der Waals surface area contributed by atoms with E-state index in [9.17, 15) is 19.5 Å². The Morgan fingerprint density at radius 1 is 1.42 bits per heavy atom. The van der Waals surface area contributed by atoms with E-state index in [4.69, 9.17) is 9.47 Å². The van der Waals surface area contributed by atoms with Gasteiger partial charge in [0, 0.05) is 13.0 Å². The standard InChI is InChI=1S/C16H26N2O6/c1-6-7-23-11-8-12(14(20)21)18(9-11)13(19)10(2)17-15(22)24-16(3,4)5/h6,10-12H,1,7-9H2,2-5H3,(H,17,22)(H,20,21)/t10-,11?,12-/m0/s1. The first kappa shape index (κ1) is 20.0. The molecule has 1 heterocycles. The van der Waals surface area contributed by atoms with Gasteiger partial charge in [0.15, 0.2) is 0 Å². The van der Waals surface area contributed by atoms with Gasteiger partial charge in [0.05, 0.1) is 12.7 Å². The van der Waals surface area contributed by atoms with Gasteiger partial charge < -0.3 is 24.8 Å². The molecule has 1 rings (SSSR count). The minimum absolute atomic E-state index is 0.157. The number of aliphatic carboxylic acids is 1. The van der Waals surface area contributed by atoms with Crippen molar-refractivity contribution in [2.75, 3.05) is 13.2 Å². The van der Waals surface area contributed by atoms with Gasteiger partial charge in [-0.15, -0.1) is 6.58 Å². The molecule has 1 aliphatic heterocycles. The van der Waals surface area contributed by atoms with E-state index in [1.165, 1.54) is 11.8 Å². The molecule has 0 aromatic rings. The summed E-state index contributed by atoms with van der Waals surface area (Å²) in [5, 5.41) is 11.7. The molecule has 1 unspecified atom stereocenters. The minimum Gasteiger partial charge on any atom is -0.480 e. The fraction of sp³-hybridized carbons (Fsp3) is 0.688. The van der Waals surface area contributed by atoms with Crippen LogP contribution in [0.15, 0.2) is 12.7 Å². The van der Waals surface area contributed by atoms with Gasteiger partial charge >= 0.3 is 12.1 Å². The lowest BCUT2D eigenvalue weighted by molar-refractivity contribution is -0.148. The summed E-state index contributed by atoms with van der Waals surface area (Å²) in [5.74, 6) is -1.59.